The first kappa shape index (κ1) is 30.9. The normalized spacial score (nSPS) is 13.8. The highest BCUT2D eigenvalue weighted by Crippen LogP contribution is 2.26. The molecule has 3 unspecified atom stereocenters. The van der Waals surface area contributed by atoms with Gasteiger partial charge in [-0.05, 0) is 71.1 Å². The lowest BCUT2D eigenvalue weighted by atomic mass is 9.97. The quantitative estimate of drug-likeness (QED) is 0.400. The Balaban J connectivity index is 3.49. The van der Waals surface area contributed by atoms with E-state index in [0.717, 1.165) is 24.0 Å². The van der Waals surface area contributed by atoms with E-state index >= 15 is 0 Å². The molecule has 0 bridgehead atoms. The Morgan fingerprint density at radius 3 is 2.17 bits per heavy atom. The summed E-state index contributed by atoms with van der Waals surface area (Å²) in [5.74, 6) is -1.66. The van der Waals surface area contributed by atoms with Gasteiger partial charge in [-0.1, -0.05) is 38.5 Å². The lowest BCUT2D eigenvalue weighted by Crippen LogP contribution is -2.54. The van der Waals surface area contributed by atoms with Crippen LogP contribution < -0.4 is 16.4 Å². The van der Waals surface area contributed by atoms with Gasteiger partial charge in [0.15, 0.2) is 0 Å². The summed E-state index contributed by atoms with van der Waals surface area (Å²) in [6.45, 7) is 15.1. The fourth-order valence-electron chi connectivity index (χ4n) is 3.89. The van der Waals surface area contributed by atoms with Gasteiger partial charge < -0.3 is 26.0 Å². The van der Waals surface area contributed by atoms with Crippen molar-refractivity contribution in [3.8, 4) is 0 Å². The van der Waals surface area contributed by atoms with E-state index in [0.29, 0.717) is 12.0 Å². The van der Waals surface area contributed by atoms with Crippen molar-refractivity contribution >= 4 is 23.8 Å². The molecule has 0 aliphatic rings. The Morgan fingerprint density at radius 1 is 1.03 bits per heavy atom. The maximum absolute atomic E-state index is 13.8. The van der Waals surface area contributed by atoms with Crippen molar-refractivity contribution in [1.82, 2.24) is 15.5 Å². The zero-order chi connectivity index (χ0) is 27.6. The number of alkyl carbamates (subject to hydrolysis) is 1. The van der Waals surface area contributed by atoms with E-state index in [-0.39, 0.29) is 18.5 Å². The largest absolute Gasteiger partial charge is 0.444 e. The molecule has 1 aromatic rings. The van der Waals surface area contributed by atoms with Gasteiger partial charge in [-0.2, -0.15) is 0 Å². The molecule has 1 aromatic carbocycles. The first-order chi connectivity index (χ1) is 16.7. The second-order valence-corrected chi connectivity index (χ2v) is 10.3. The van der Waals surface area contributed by atoms with Gasteiger partial charge in [-0.3, -0.25) is 14.4 Å². The monoisotopic (exact) mass is 504 g/mol. The molecule has 0 spiro atoms. The minimum atomic E-state index is -1.28. The van der Waals surface area contributed by atoms with Crippen LogP contribution in [-0.2, 0) is 19.1 Å². The van der Waals surface area contributed by atoms with E-state index in [4.69, 9.17) is 10.5 Å². The number of amides is 4. The van der Waals surface area contributed by atoms with E-state index in [9.17, 15) is 19.2 Å². The third-order valence-corrected chi connectivity index (χ3v) is 5.66. The first-order valence-corrected chi connectivity index (χ1v) is 12.7. The number of nitrogens with zero attached hydrogens (tertiary/aromatic N) is 1. The summed E-state index contributed by atoms with van der Waals surface area (Å²) in [7, 11) is 0. The smallest absolute Gasteiger partial charge is 0.408 e. The molecular formula is C27H44N4O5. The predicted octanol–water partition coefficient (Wildman–Crippen LogP) is 3.66. The van der Waals surface area contributed by atoms with Gasteiger partial charge in [0.1, 0.15) is 17.7 Å². The average molecular weight is 505 g/mol. The van der Waals surface area contributed by atoms with Crippen LogP contribution in [0.1, 0.15) is 90.0 Å². The van der Waals surface area contributed by atoms with E-state index in [1.165, 1.54) is 4.90 Å². The van der Waals surface area contributed by atoms with E-state index < -0.39 is 42.0 Å². The molecule has 0 heterocycles. The Bertz CT molecular complexity index is 925. The molecule has 0 saturated heterocycles. The molecule has 0 aliphatic heterocycles. The molecule has 0 aromatic heterocycles. The summed E-state index contributed by atoms with van der Waals surface area (Å²) in [4.78, 5) is 53.1. The summed E-state index contributed by atoms with van der Waals surface area (Å²) in [5, 5.41) is 5.51. The lowest BCUT2D eigenvalue weighted by molar-refractivity contribution is -0.143. The molecule has 1 rings (SSSR count). The number of hydrogen-bond acceptors (Lipinski definition) is 5. The molecule has 9 heteroatoms. The maximum Gasteiger partial charge on any atom is 0.408 e. The van der Waals surface area contributed by atoms with Crippen molar-refractivity contribution in [2.24, 2.45) is 5.73 Å². The van der Waals surface area contributed by atoms with E-state index in [1.54, 1.807) is 20.8 Å². The summed E-state index contributed by atoms with van der Waals surface area (Å²) in [5.41, 5.74) is 7.30. The van der Waals surface area contributed by atoms with Crippen LogP contribution in [0.5, 0.6) is 0 Å². The van der Waals surface area contributed by atoms with Gasteiger partial charge in [-0.25, -0.2) is 4.79 Å². The second kappa shape index (κ2) is 13.8. The van der Waals surface area contributed by atoms with Crippen molar-refractivity contribution in [1.29, 1.82) is 0 Å². The molecule has 36 heavy (non-hydrogen) atoms. The van der Waals surface area contributed by atoms with Crippen molar-refractivity contribution in [2.45, 2.75) is 105 Å². The highest BCUT2D eigenvalue weighted by atomic mass is 16.6. The van der Waals surface area contributed by atoms with Gasteiger partial charge in [0.25, 0.3) is 0 Å². The molecule has 3 atom stereocenters. The number of nitrogens with two attached hydrogens (primary N) is 1. The Morgan fingerprint density at radius 2 is 1.67 bits per heavy atom. The minimum absolute atomic E-state index is 0.0866. The van der Waals surface area contributed by atoms with Gasteiger partial charge >= 0.3 is 6.09 Å². The van der Waals surface area contributed by atoms with Crippen molar-refractivity contribution in [3.05, 3.63) is 34.9 Å². The van der Waals surface area contributed by atoms with Crippen LogP contribution in [0.2, 0.25) is 0 Å². The number of aryl methyl sites for hydroxylation is 2. The summed E-state index contributed by atoms with van der Waals surface area (Å²) < 4.78 is 5.29. The standard InChI is InChI=1S/C27H44N4O5/c1-9-11-19(5)29-24(33)23(20-13-12-17(3)18(4)15-20)31(14-10-2)25(34)21(16-22(28)32)30-26(35)36-27(6,7)8/h12-13,15,19,21,23H,9-11,14,16H2,1-8H3,(H2,28,32)(H,29,33)(H,30,35). The Hall–Kier alpha value is -3.10. The third-order valence-electron chi connectivity index (χ3n) is 5.66. The highest BCUT2D eigenvalue weighted by Gasteiger charge is 2.37. The van der Waals surface area contributed by atoms with Crippen LogP contribution in [0.25, 0.3) is 0 Å². The second-order valence-electron chi connectivity index (χ2n) is 10.3. The Kier molecular flexibility index (Phi) is 11.9. The molecule has 0 radical (unpaired) electrons. The molecule has 0 saturated carbocycles. The lowest BCUT2D eigenvalue weighted by Gasteiger charge is -2.35. The first-order valence-electron chi connectivity index (χ1n) is 12.7. The zero-order valence-corrected chi connectivity index (χ0v) is 23.1. The average Bonchev–Trinajstić information content (AvgIpc) is 2.73. The summed E-state index contributed by atoms with van der Waals surface area (Å²) >= 11 is 0. The highest BCUT2D eigenvalue weighted by molar-refractivity contribution is 5.94. The fourth-order valence-corrected chi connectivity index (χ4v) is 3.89. The SMILES string of the molecule is CCCC(C)NC(=O)C(c1ccc(C)c(C)c1)N(CCC)C(=O)C(CC(N)=O)NC(=O)OC(C)(C)C. The molecule has 0 aliphatic carbocycles. The molecule has 4 N–H and O–H groups in total. The number of hydrogen-bond donors (Lipinski definition) is 3. The number of primary amides is 1. The van der Waals surface area contributed by atoms with Crippen molar-refractivity contribution < 1.29 is 23.9 Å². The fraction of sp³-hybridized carbons (Fsp3) is 0.630. The number of ether oxygens (including phenoxy) is 1. The van der Waals surface area contributed by atoms with Crippen LogP contribution in [-0.4, -0.2) is 52.9 Å². The zero-order valence-electron chi connectivity index (χ0n) is 23.1. The number of benzene rings is 1. The minimum Gasteiger partial charge on any atom is -0.444 e. The van der Waals surface area contributed by atoms with Crippen LogP contribution in [0.15, 0.2) is 18.2 Å². The number of nitrogens with one attached hydrogen (secondary N) is 2. The Labute approximate surface area is 215 Å². The van der Waals surface area contributed by atoms with Crippen molar-refractivity contribution in [2.75, 3.05) is 6.54 Å². The number of rotatable bonds is 12. The van der Waals surface area contributed by atoms with Gasteiger partial charge in [0.05, 0.1) is 6.42 Å². The molecule has 4 amide bonds. The van der Waals surface area contributed by atoms with Gasteiger partial charge in [-0.15, -0.1) is 0 Å². The molecular weight excluding hydrogens is 460 g/mol. The summed E-state index contributed by atoms with van der Waals surface area (Å²) in [6, 6.07) is 3.32. The topological polar surface area (TPSA) is 131 Å². The van der Waals surface area contributed by atoms with E-state index in [1.807, 2.05) is 52.8 Å². The number of carbonyl (C=O) groups excluding carboxylic acids is 4. The molecule has 0 fully saturated rings. The number of carbonyl (C=O) groups is 4. The maximum atomic E-state index is 13.8. The van der Waals surface area contributed by atoms with E-state index in [2.05, 4.69) is 10.6 Å². The summed E-state index contributed by atoms with van der Waals surface area (Å²) in [6.07, 6.45) is 0.972. The molecule has 9 nitrogen and oxygen atoms in total. The van der Waals surface area contributed by atoms with Gasteiger partial charge in [0, 0.05) is 12.6 Å². The van der Waals surface area contributed by atoms with Crippen LogP contribution in [0.4, 0.5) is 4.79 Å². The van der Waals surface area contributed by atoms with Gasteiger partial charge in [0.2, 0.25) is 17.7 Å². The third kappa shape index (κ3) is 9.87. The van der Waals surface area contributed by atoms with Crippen molar-refractivity contribution in [3.63, 3.8) is 0 Å². The van der Waals surface area contributed by atoms with Crippen LogP contribution >= 0.6 is 0 Å². The molecule has 202 valence electrons. The van der Waals surface area contributed by atoms with Crippen LogP contribution in [0, 0.1) is 13.8 Å². The van der Waals surface area contributed by atoms with Crippen LogP contribution in [0.3, 0.4) is 0 Å². The predicted molar refractivity (Wildman–Crippen MR) is 140 cm³/mol.